The molecule has 1 saturated heterocycles. The molecule has 1 unspecified atom stereocenters. The summed E-state index contributed by atoms with van der Waals surface area (Å²) in [7, 11) is 0. The van der Waals surface area contributed by atoms with Crippen LogP contribution in [0.4, 0.5) is 0 Å². The highest BCUT2D eigenvalue weighted by atomic mass is 79.9. The molecule has 1 aliphatic heterocycles. The molecule has 0 spiro atoms. The Hall–Kier alpha value is -1.09. The van der Waals surface area contributed by atoms with Crippen molar-refractivity contribution < 1.29 is 26.7 Å². The van der Waals surface area contributed by atoms with Gasteiger partial charge in [-0.25, -0.2) is 4.58 Å². The summed E-state index contributed by atoms with van der Waals surface area (Å²) in [4.78, 5) is 0. The molecule has 1 aromatic rings. The van der Waals surface area contributed by atoms with E-state index >= 15 is 0 Å². The first kappa shape index (κ1) is 15.3. The molecule has 1 fully saturated rings. The SMILES string of the molecule is C=CCC1C(=[N+]2CCCC2)CCc2cc(O)ccc21.[Br-]. The summed E-state index contributed by atoms with van der Waals surface area (Å²) in [6.45, 7) is 6.36. The number of phenols is 1. The highest BCUT2D eigenvalue weighted by Gasteiger charge is 2.32. The van der Waals surface area contributed by atoms with Gasteiger partial charge in [-0.3, -0.25) is 0 Å². The average Bonchev–Trinajstić information content (AvgIpc) is 2.93. The summed E-state index contributed by atoms with van der Waals surface area (Å²) in [6.07, 6.45) is 7.88. The quantitative estimate of drug-likeness (QED) is 0.607. The summed E-state index contributed by atoms with van der Waals surface area (Å²) in [5.41, 5.74) is 4.30. The van der Waals surface area contributed by atoms with Crippen LogP contribution in [0.2, 0.25) is 0 Å². The van der Waals surface area contributed by atoms with E-state index in [-0.39, 0.29) is 17.0 Å². The minimum atomic E-state index is 0. The van der Waals surface area contributed by atoms with Crippen LogP contribution in [0.1, 0.15) is 42.7 Å². The molecule has 0 saturated carbocycles. The molecule has 0 amide bonds. The highest BCUT2D eigenvalue weighted by molar-refractivity contribution is 5.89. The minimum absolute atomic E-state index is 0. The fraction of sp³-hybridized carbons (Fsp3) is 0.471. The van der Waals surface area contributed by atoms with Crippen molar-refractivity contribution in [2.75, 3.05) is 13.1 Å². The molecular weight excluding hydrogens is 314 g/mol. The third kappa shape index (κ3) is 2.83. The highest BCUT2D eigenvalue weighted by Crippen LogP contribution is 2.34. The molecule has 0 bridgehead atoms. The van der Waals surface area contributed by atoms with Gasteiger partial charge in [0.15, 0.2) is 5.71 Å². The second-order valence-electron chi connectivity index (χ2n) is 5.65. The lowest BCUT2D eigenvalue weighted by Gasteiger charge is -2.25. The molecular formula is C17H22BrNO. The lowest BCUT2D eigenvalue weighted by molar-refractivity contribution is -0.509. The van der Waals surface area contributed by atoms with Gasteiger partial charge < -0.3 is 22.1 Å². The summed E-state index contributed by atoms with van der Waals surface area (Å²) in [5, 5.41) is 9.64. The molecule has 1 aromatic carbocycles. The number of halogens is 1. The van der Waals surface area contributed by atoms with E-state index in [1.54, 1.807) is 5.71 Å². The molecule has 1 atom stereocenters. The van der Waals surface area contributed by atoms with Crippen LogP contribution in [0, 0.1) is 0 Å². The molecule has 0 aromatic heterocycles. The van der Waals surface area contributed by atoms with E-state index < -0.39 is 0 Å². The van der Waals surface area contributed by atoms with Gasteiger partial charge in [0.1, 0.15) is 18.8 Å². The molecule has 0 radical (unpaired) electrons. The van der Waals surface area contributed by atoms with Crippen molar-refractivity contribution >= 4 is 5.71 Å². The number of hydrogen-bond acceptors (Lipinski definition) is 1. The van der Waals surface area contributed by atoms with Crippen LogP contribution in [0.25, 0.3) is 0 Å². The zero-order chi connectivity index (χ0) is 13.2. The molecule has 20 heavy (non-hydrogen) atoms. The van der Waals surface area contributed by atoms with Crippen molar-refractivity contribution in [1.82, 2.24) is 0 Å². The van der Waals surface area contributed by atoms with E-state index in [0.29, 0.717) is 11.7 Å². The molecule has 1 N–H and O–H groups in total. The predicted octanol–water partition coefficient (Wildman–Crippen LogP) is 0.249. The van der Waals surface area contributed by atoms with Gasteiger partial charge in [0.25, 0.3) is 0 Å². The molecule has 1 aliphatic carbocycles. The van der Waals surface area contributed by atoms with E-state index in [9.17, 15) is 5.11 Å². The van der Waals surface area contributed by atoms with Gasteiger partial charge in [-0.1, -0.05) is 12.1 Å². The Kier molecular flexibility index (Phi) is 5.03. The zero-order valence-corrected chi connectivity index (χ0v) is 13.4. The molecule has 3 rings (SSSR count). The Morgan fingerprint density at radius 3 is 2.70 bits per heavy atom. The monoisotopic (exact) mass is 335 g/mol. The Morgan fingerprint density at radius 1 is 1.25 bits per heavy atom. The Morgan fingerprint density at radius 2 is 2.00 bits per heavy atom. The number of aryl methyl sites for hydroxylation is 1. The summed E-state index contributed by atoms with van der Waals surface area (Å²) >= 11 is 0. The van der Waals surface area contributed by atoms with Crippen LogP contribution < -0.4 is 17.0 Å². The lowest BCUT2D eigenvalue weighted by Crippen LogP contribution is -3.00. The lowest BCUT2D eigenvalue weighted by atomic mass is 9.79. The Labute approximate surface area is 131 Å². The second kappa shape index (κ2) is 6.57. The first-order chi connectivity index (χ1) is 9.29. The second-order valence-corrected chi connectivity index (χ2v) is 5.65. The number of hydrogen-bond donors (Lipinski definition) is 1. The normalized spacial score (nSPS) is 21.3. The topological polar surface area (TPSA) is 23.2 Å². The summed E-state index contributed by atoms with van der Waals surface area (Å²) < 4.78 is 2.59. The summed E-state index contributed by atoms with van der Waals surface area (Å²) in [5.74, 6) is 0.862. The van der Waals surface area contributed by atoms with Crippen molar-refractivity contribution in [3.63, 3.8) is 0 Å². The number of benzene rings is 1. The van der Waals surface area contributed by atoms with Crippen molar-refractivity contribution in [3.8, 4) is 5.75 Å². The number of aromatic hydroxyl groups is 1. The maximum absolute atomic E-state index is 9.64. The van der Waals surface area contributed by atoms with Crippen LogP contribution in [-0.4, -0.2) is 28.5 Å². The van der Waals surface area contributed by atoms with Crippen LogP contribution in [0.5, 0.6) is 5.75 Å². The largest absolute Gasteiger partial charge is 1.00 e. The van der Waals surface area contributed by atoms with Crippen LogP contribution in [-0.2, 0) is 6.42 Å². The van der Waals surface area contributed by atoms with E-state index in [2.05, 4.69) is 17.2 Å². The van der Waals surface area contributed by atoms with Gasteiger partial charge in [-0.05, 0) is 36.1 Å². The van der Waals surface area contributed by atoms with Crippen molar-refractivity contribution in [1.29, 1.82) is 0 Å². The van der Waals surface area contributed by atoms with E-state index in [1.165, 1.54) is 37.1 Å². The smallest absolute Gasteiger partial charge is 0.160 e. The number of nitrogens with zero attached hydrogens (tertiary/aromatic N) is 1. The fourth-order valence-electron chi connectivity index (χ4n) is 3.58. The minimum Gasteiger partial charge on any atom is -1.00 e. The van der Waals surface area contributed by atoms with Crippen molar-refractivity contribution in [2.45, 2.75) is 38.0 Å². The molecule has 2 nitrogen and oxygen atoms in total. The van der Waals surface area contributed by atoms with Gasteiger partial charge in [-0.15, -0.1) is 6.58 Å². The van der Waals surface area contributed by atoms with Crippen LogP contribution in [0.15, 0.2) is 30.9 Å². The first-order valence-electron chi connectivity index (χ1n) is 7.33. The Bertz CT molecular complexity index is 528. The number of fused-ring (bicyclic) bond motifs is 1. The fourth-order valence-corrected chi connectivity index (χ4v) is 3.58. The standard InChI is InChI=1S/C17H21NO.BrH/c1-2-5-16-15-8-7-14(19)12-13(15)6-9-17(16)18-10-3-4-11-18;/h2,7-8,12,16H,1,3-6,9-11H2;1H. The molecule has 3 heteroatoms. The number of phenolic OH excluding ortho intramolecular Hbond substituents is 1. The third-order valence-electron chi connectivity index (χ3n) is 4.47. The van der Waals surface area contributed by atoms with Crippen LogP contribution >= 0.6 is 0 Å². The third-order valence-corrected chi connectivity index (χ3v) is 4.47. The average molecular weight is 336 g/mol. The predicted molar refractivity (Wildman–Crippen MR) is 78.2 cm³/mol. The Balaban J connectivity index is 0.00000147. The van der Waals surface area contributed by atoms with Crippen LogP contribution in [0.3, 0.4) is 0 Å². The van der Waals surface area contributed by atoms with Crippen molar-refractivity contribution in [3.05, 3.63) is 42.0 Å². The first-order valence-corrected chi connectivity index (χ1v) is 7.33. The molecule has 108 valence electrons. The van der Waals surface area contributed by atoms with E-state index in [4.69, 9.17) is 0 Å². The van der Waals surface area contributed by atoms with E-state index in [1.807, 2.05) is 18.2 Å². The maximum Gasteiger partial charge on any atom is 0.160 e. The van der Waals surface area contributed by atoms with Gasteiger partial charge in [0.2, 0.25) is 0 Å². The zero-order valence-electron chi connectivity index (χ0n) is 11.8. The van der Waals surface area contributed by atoms with Gasteiger partial charge in [0.05, 0.1) is 5.92 Å². The van der Waals surface area contributed by atoms with Crippen molar-refractivity contribution in [2.24, 2.45) is 0 Å². The van der Waals surface area contributed by atoms with Gasteiger partial charge >= 0.3 is 0 Å². The van der Waals surface area contributed by atoms with Gasteiger partial charge in [-0.2, -0.15) is 0 Å². The molecule has 2 aliphatic rings. The van der Waals surface area contributed by atoms with Gasteiger partial charge in [0, 0.05) is 19.3 Å². The molecule has 1 heterocycles. The maximum atomic E-state index is 9.64. The summed E-state index contributed by atoms with van der Waals surface area (Å²) in [6, 6.07) is 5.86. The number of allylic oxidation sites excluding steroid dienone is 1. The number of rotatable bonds is 2. The van der Waals surface area contributed by atoms with E-state index in [0.717, 1.165) is 19.3 Å².